The van der Waals surface area contributed by atoms with Crippen LogP contribution in [-0.4, -0.2) is 20.9 Å². The molecule has 0 radical (unpaired) electrons. The smallest absolute Gasteiger partial charge is 0.335 e. The van der Waals surface area contributed by atoms with E-state index < -0.39 is 17.1 Å². The quantitative estimate of drug-likeness (QED) is 0.315. The summed E-state index contributed by atoms with van der Waals surface area (Å²) in [5, 5.41) is 14.4. The summed E-state index contributed by atoms with van der Waals surface area (Å²) in [6.45, 7) is 1.87. The summed E-state index contributed by atoms with van der Waals surface area (Å²) in [6.07, 6.45) is 1.18. The van der Waals surface area contributed by atoms with E-state index in [4.69, 9.17) is 0 Å². The monoisotopic (exact) mass is 462 g/mol. The van der Waals surface area contributed by atoms with Crippen LogP contribution in [0.25, 0.3) is 5.69 Å². The van der Waals surface area contributed by atoms with Gasteiger partial charge in [0.15, 0.2) is 0 Å². The Bertz CT molecular complexity index is 1080. The number of aryl methyl sites for hydroxylation is 1. The lowest BCUT2D eigenvalue weighted by Gasteiger charge is -2.10. The third kappa shape index (κ3) is 3.85. The minimum Gasteiger partial charge on any atom is -0.493 e. The number of H-pyrrole nitrogens is 1. The lowest BCUT2D eigenvalue weighted by Crippen LogP contribution is -2.31. The first kappa shape index (κ1) is 17.9. The summed E-state index contributed by atoms with van der Waals surface area (Å²) in [5.41, 5.74) is 3.30. The Labute approximate surface area is 162 Å². The molecule has 0 atom stereocenters. The van der Waals surface area contributed by atoms with Crippen molar-refractivity contribution in [3.05, 3.63) is 84.1 Å². The van der Waals surface area contributed by atoms with E-state index in [2.05, 4.69) is 38.1 Å². The van der Waals surface area contributed by atoms with Crippen LogP contribution < -0.4 is 16.7 Å². The third-order valence-electron chi connectivity index (χ3n) is 3.61. The Balaban J connectivity index is 1.98. The van der Waals surface area contributed by atoms with E-state index in [-0.39, 0.29) is 5.56 Å². The van der Waals surface area contributed by atoms with E-state index >= 15 is 0 Å². The number of nitrogens with zero attached hydrogens (tertiary/aromatic N) is 2. The first-order chi connectivity index (χ1) is 12.5. The van der Waals surface area contributed by atoms with Gasteiger partial charge in [-0.05, 0) is 71.5 Å². The molecule has 2 aromatic carbocycles. The molecular formula is C18H15IN4O3. The molecule has 0 spiro atoms. The van der Waals surface area contributed by atoms with Gasteiger partial charge in [-0.15, -0.1) is 0 Å². The second-order valence-corrected chi connectivity index (χ2v) is 6.79. The van der Waals surface area contributed by atoms with Gasteiger partial charge in [0.2, 0.25) is 5.88 Å². The number of aromatic nitrogens is 2. The molecule has 7 nitrogen and oxygen atoms in total. The summed E-state index contributed by atoms with van der Waals surface area (Å²) in [5.74, 6) is -0.475. The zero-order valence-electron chi connectivity index (χ0n) is 13.7. The molecule has 26 heavy (non-hydrogen) atoms. The molecule has 3 N–H and O–H groups in total. The van der Waals surface area contributed by atoms with Gasteiger partial charge in [0, 0.05) is 3.57 Å². The van der Waals surface area contributed by atoms with Gasteiger partial charge in [0.05, 0.1) is 17.6 Å². The molecule has 132 valence electrons. The van der Waals surface area contributed by atoms with Crippen LogP contribution >= 0.6 is 22.6 Å². The van der Waals surface area contributed by atoms with Crippen molar-refractivity contribution in [3.8, 4) is 11.6 Å². The predicted octanol–water partition coefficient (Wildman–Crippen LogP) is 2.59. The van der Waals surface area contributed by atoms with Crippen molar-refractivity contribution in [2.24, 2.45) is 5.10 Å². The lowest BCUT2D eigenvalue weighted by atomic mass is 10.2. The van der Waals surface area contributed by atoms with E-state index in [9.17, 15) is 14.7 Å². The van der Waals surface area contributed by atoms with Crippen LogP contribution in [0, 0.1) is 10.5 Å². The van der Waals surface area contributed by atoms with Gasteiger partial charge in [-0.25, -0.2) is 9.36 Å². The third-order valence-corrected chi connectivity index (χ3v) is 4.33. The largest absolute Gasteiger partial charge is 0.493 e. The molecule has 0 aliphatic heterocycles. The van der Waals surface area contributed by atoms with Gasteiger partial charge in [0.1, 0.15) is 5.56 Å². The van der Waals surface area contributed by atoms with Gasteiger partial charge in [-0.2, -0.15) is 5.10 Å². The molecule has 1 heterocycles. The van der Waals surface area contributed by atoms with Crippen LogP contribution in [0.1, 0.15) is 11.1 Å². The summed E-state index contributed by atoms with van der Waals surface area (Å²) in [6, 6.07) is 14.5. The summed E-state index contributed by atoms with van der Waals surface area (Å²) in [7, 11) is 0. The fraction of sp³-hybridized carbons (Fsp3) is 0.0556. The van der Waals surface area contributed by atoms with Crippen LogP contribution in [0.5, 0.6) is 5.88 Å². The zero-order valence-corrected chi connectivity index (χ0v) is 15.9. The highest BCUT2D eigenvalue weighted by atomic mass is 127. The fourth-order valence-electron chi connectivity index (χ4n) is 2.36. The number of hydrazone groups is 1. The van der Waals surface area contributed by atoms with Crippen LogP contribution in [0.3, 0.4) is 0 Å². The minimum atomic E-state index is -0.721. The number of anilines is 1. The average molecular weight is 462 g/mol. The molecule has 8 heteroatoms. The first-order valence-corrected chi connectivity index (χ1v) is 8.73. The number of hydrogen-bond acceptors (Lipinski definition) is 5. The molecule has 0 unspecified atom stereocenters. The van der Waals surface area contributed by atoms with E-state index in [1.807, 2.05) is 37.3 Å². The summed E-state index contributed by atoms with van der Waals surface area (Å²) >= 11 is 2.19. The van der Waals surface area contributed by atoms with E-state index in [1.165, 1.54) is 6.21 Å². The minimum absolute atomic E-state index is 0.121. The van der Waals surface area contributed by atoms with E-state index in [0.717, 1.165) is 19.4 Å². The van der Waals surface area contributed by atoms with Gasteiger partial charge < -0.3 is 5.11 Å². The molecule has 3 rings (SSSR count). The number of aromatic amines is 1. The second kappa shape index (κ2) is 7.56. The van der Waals surface area contributed by atoms with Gasteiger partial charge in [0.25, 0.3) is 5.56 Å². The molecule has 0 fully saturated rings. The van der Waals surface area contributed by atoms with Crippen molar-refractivity contribution < 1.29 is 5.11 Å². The lowest BCUT2D eigenvalue weighted by molar-refractivity contribution is 0.430. The molecule has 0 saturated heterocycles. The van der Waals surface area contributed by atoms with Gasteiger partial charge in [-0.3, -0.25) is 15.2 Å². The highest BCUT2D eigenvalue weighted by molar-refractivity contribution is 14.1. The zero-order chi connectivity index (χ0) is 18.7. The number of hydrogen-bond donors (Lipinski definition) is 3. The average Bonchev–Trinajstić information content (AvgIpc) is 2.59. The molecule has 0 saturated carbocycles. The first-order valence-electron chi connectivity index (χ1n) is 7.65. The van der Waals surface area contributed by atoms with Crippen molar-refractivity contribution in [1.82, 2.24) is 9.55 Å². The molecule has 0 amide bonds. The maximum absolute atomic E-state index is 12.1. The van der Waals surface area contributed by atoms with Crippen molar-refractivity contribution >= 4 is 34.5 Å². The van der Waals surface area contributed by atoms with Crippen molar-refractivity contribution in [2.75, 3.05) is 5.43 Å². The molecule has 0 aliphatic carbocycles. The predicted molar refractivity (Wildman–Crippen MR) is 109 cm³/mol. The molecular weight excluding hydrogens is 447 g/mol. The van der Waals surface area contributed by atoms with Gasteiger partial charge >= 0.3 is 5.69 Å². The SMILES string of the molecule is Cc1cccc(-n2c(O)c(C=NNc3ccc(I)cc3)c(=O)[nH]c2=O)c1. The Kier molecular flexibility index (Phi) is 5.21. The standard InChI is InChI=1S/C18H15IN4O3/c1-11-3-2-4-14(9-11)23-17(25)15(16(24)21-18(23)26)10-20-22-13-7-5-12(19)6-8-13/h2-10,22,25H,1H3,(H,21,24,26). The number of benzene rings is 2. The van der Waals surface area contributed by atoms with E-state index in [1.54, 1.807) is 18.2 Å². The maximum Gasteiger partial charge on any atom is 0.335 e. The van der Waals surface area contributed by atoms with Crippen LogP contribution in [0.15, 0.2) is 63.2 Å². The molecule has 0 bridgehead atoms. The second-order valence-electron chi connectivity index (χ2n) is 5.55. The topological polar surface area (TPSA) is 99.5 Å². The van der Waals surface area contributed by atoms with Gasteiger partial charge in [-0.1, -0.05) is 12.1 Å². The normalized spacial score (nSPS) is 11.0. The highest BCUT2D eigenvalue weighted by Crippen LogP contribution is 2.16. The van der Waals surface area contributed by atoms with Crippen molar-refractivity contribution in [1.29, 1.82) is 0 Å². The summed E-state index contributed by atoms with van der Waals surface area (Å²) < 4.78 is 2.11. The number of nitrogens with one attached hydrogen (secondary N) is 2. The van der Waals surface area contributed by atoms with Crippen LogP contribution in [0.2, 0.25) is 0 Å². The Hall–Kier alpha value is -2.88. The Morgan fingerprint density at radius 2 is 1.92 bits per heavy atom. The van der Waals surface area contributed by atoms with E-state index in [0.29, 0.717) is 5.69 Å². The summed E-state index contributed by atoms with van der Waals surface area (Å²) in [4.78, 5) is 26.4. The fourth-order valence-corrected chi connectivity index (χ4v) is 2.72. The molecule has 0 aliphatic rings. The molecule has 1 aromatic heterocycles. The Morgan fingerprint density at radius 1 is 1.19 bits per heavy atom. The maximum atomic E-state index is 12.1. The van der Waals surface area contributed by atoms with Crippen LogP contribution in [0.4, 0.5) is 5.69 Å². The Morgan fingerprint density at radius 3 is 2.62 bits per heavy atom. The molecule has 3 aromatic rings. The number of aromatic hydroxyl groups is 1. The highest BCUT2D eigenvalue weighted by Gasteiger charge is 2.14. The van der Waals surface area contributed by atoms with Crippen LogP contribution in [-0.2, 0) is 0 Å². The number of rotatable bonds is 4. The van der Waals surface area contributed by atoms with Crippen molar-refractivity contribution in [3.63, 3.8) is 0 Å². The number of halogens is 1. The van der Waals surface area contributed by atoms with Crippen molar-refractivity contribution in [2.45, 2.75) is 6.92 Å².